The van der Waals surface area contributed by atoms with E-state index in [-0.39, 0.29) is 13.0 Å². The van der Waals surface area contributed by atoms with Gasteiger partial charge in [-0.15, -0.1) is 0 Å². The lowest BCUT2D eigenvalue weighted by atomic mass is 9.85. The first-order chi connectivity index (χ1) is 8.74. The molecular formula is C12H17ClN2O4. The quantitative estimate of drug-likeness (QED) is 0.657. The zero-order valence-electron chi connectivity index (χ0n) is 11.4. The van der Waals surface area contributed by atoms with E-state index < -0.39 is 17.4 Å². The zero-order chi connectivity index (χ0) is 14.8. The Morgan fingerprint density at radius 3 is 2.47 bits per heavy atom. The number of hydrogen-bond acceptors (Lipinski definition) is 4. The molecule has 0 aliphatic heterocycles. The van der Waals surface area contributed by atoms with E-state index in [1.807, 2.05) is 0 Å². The summed E-state index contributed by atoms with van der Waals surface area (Å²) >= 11 is 6.08. The largest absolute Gasteiger partial charge is 0.480 e. The van der Waals surface area contributed by atoms with Crippen molar-refractivity contribution >= 4 is 23.5 Å². The summed E-state index contributed by atoms with van der Waals surface area (Å²) in [4.78, 5) is 23.3. The molecule has 1 atom stereocenters. The Morgan fingerprint density at radius 2 is 2.11 bits per heavy atom. The molecule has 1 rings (SSSR count). The predicted molar refractivity (Wildman–Crippen MR) is 69.0 cm³/mol. The molecule has 1 heterocycles. The van der Waals surface area contributed by atoms with Crippen LogP contribution in [-0.4, -0.2) is 33.4 Å². The third-order valence-electron chi connectivity index (χ3n) is 2.98. The van der Waals surface area contributed by atoms with E-state index in [0.29, 0.717) is 16.4 Å². The molecule has 1 N–H and O–H groups in total. The number of carboxylic acids is 1. The summed E-state index contributed by atoms with van der Waals surface area (Å²) < 4.78 is 6.32. The van der Waals surface area contributed by atoms with Gasteiger partial charge in [-0.2, -0.15) is 5.10 Å². The lowest BCUT2D eigenvalue weighted by Gasteiger charge is -2.22. The van der Waals surface area contributed by atoms with Gasteiger partial charge in [0, 0.05) is 13.5 Å². The first-order valence-corrected chi connectivity index (χ1v) is 6.20. The minimum Gasteiger partial charge on any atom is -0.480 e. The summed E-state index contributed by atoms with van der Waals surface area (Å²) in [7, 11) is 1.65. The highest BCUT2D eigenvalue weighted by molar-refractivity contribution is 6.31. The fraction of sp³-hybridized carbons (Fsp3) is 0.583. The lowest BCUT2D eigenvalue weighted by Crippen LogP contribution is -2.40. The number of halogens is 1. The zero-order valence-corrected chi connectivity index (χ0v) is 12.1. The molecule has 0 saturated carbocycles. The number of rotatable bonds is 5. The number of aliphatic carboxylic acids is 1. The van der Waals surface area contributed by atoms with Crippen LogP contribution < -0.4 is 0 Å². The number of aryl methyl sites for hydroxylation is 2. The summed E-state index contributed by atoms with van der Waals surface area (Å²) in [5.74, 6) is -2.03. The van der Waals surface area contributed by atoms with E-state index in [9.17, 15) is 14.7 Å². The Labute approximate surface area is 116 Å². The van der Waals surface area contributed by atoms with Crippen molar-refractivity contribution in [3.63, 3.8) is 0 Å². The summed E-state index contributed by atoms with van der Waals surface area (Å²) in [6.07, 6.45) is -0.0721. The third-order valence-corrected chi connectivity index (χ3v) is 3.47. The Hall–Kier alpha value is -1.56. The molecule has 0 fully saturated rings. The maximum Gasteiger partial charge on any atom is 0.323 e. The van der Waals surface area contributed by atoms with Crippen molar-refractivity contribution in [2.45, 2.75) is 27.2 Å². The number of hydrogen-bond donors (Lipinski definition) is 1. The van der Waals surface area contributed by atoms with Gasteiger partial charge in [-0.1, -0.05) is 11.6 Å². The second kappa shape index (κ2) is 5.61. The highest BCUT2D eigenvalue weighted by Gasteiger charge is 2.44. The Bertz CT molecular complexity index is 512. The van der Waals surface area contributed by atoms with Crippen molar-refractivity contribution in [3.05, 3.63) is 16.4 Å². The number of ether oxygens (including phenoxy) is 1. The van der Waals surface area contributed by atoms with E-state index in [1.165, 1.54) is 11.6 Å². The number of esters is 1. The minimum absolute atomic E-state index is 0.0721. The number of carbonyl (C=O) groups excluding carboxylic acids is 1. The second-order valence-electron chi connectivity index (χ2n) is 4.50. The third kappa shape index (κ3) is 2.89. The van der Waals surface area contributed by atoms with Gasteiger partial charge in [0.2, 0.25) is 0 Å². The topological polar surface area (TPSA) is 81.4 Å². The molecule has 7 heteroatoms. The average molecular weight is 289 g/mol. The number of carbonyl (C=O) groups is 2. The average Bonchev–Trinajstić information content (AvgIpc) is 2.55. The Morgan fingerprint density at radius 1 is 1.53 bits per heavy atom. The molecule has 0 amide bonds. The molecule has 1 aromatic rings. The standard InChI is InChI=1S/C12H17ClN2O4/c1-5-19-11(18)12(3,10(16)17)6-8-9(13)7(2)14-15(8)4/h5-6H2,1-4H3,(H,16,17). The molecule has 106 valence electrons. The van der Waals surface area contributed by atoms with Crippen molar-refractivity contribution < 1.29 is 19.4 Å². The summed E-state index contributed by atoms with van der Waals surface area (Å²) in [5, 5.41) is 13.8. The molecular weight excluding hydrogens is 272 g/mol. The lowest BCUT2D eigenvalue weighted by molar-refractivity contribution is -0.167. The molecule has 6 nitrogen and oxygen atoms in total. The van der Waals surface area contributed by atoms with Gasteiger partial charge in [-0.3, -0.25) is 14.3 Å². The fourth-order valence-electron chi connectivity index (χ4n) is 1.73. The van der Waals surface area contributed by atoms with E-state index in [1.54, 1.807) is 20.9 Å². The second-order valence-corrected chi connectivity index (χ2v) is 4.88. The van der Waals surface area contributed by atoms with Gasteiger partial charge >= 0.3 is 11.9 Å². The van der Waals surface area contributed by atoms with Gasteiger partial charge in [0.15, 0.2) is 5.41 Å². The van der Waals surface area contributed by atoms with Crippen molar-refractivity contribution in [1.82, 2.24) is 9.78 Å². The molecule has 0 saturated heterocycles. The van der Waals surface area contributed by atoms with Crippen LogP contribution in [0.15, 0.2) is 0 Å². The van der Waals surface area contributed by atoms with Crippen LogP contribution >= 0.6 is 11.6 Å². The molecule has 0 aromatic carbocycles. The van der Waals surface area contributed by atoms with Crippen LogP contribution in [-0.2, 0) is 27.8 Å². The van der Waals surface area contributed by atoms with Crippen LogP contribution in [0.25, 0.3) is 0 Å². The molecule has 0 spiro atoms. The highest BCUT2D eigenvalue weighted by atomic mass is 35.5. The van der Waals surface area contributed by atoms with Gasteiger partial charge in [0.1, 0.15) is 0 Å². The molecule has 1 unspecified atom stereocenters. The molecule has 1 aromatic heterocycles. The first kappa shape index (κ1) is 15.5. The number of nitrogens with zero attached hydrogens (tertiary/aromatic N) is 2. The number of carboxylic acid groups (broad SMARTS) is 1. The minimum atomic E-state index is -1.68. The molecule has 19 heavy (non-hydrogen) atoms. The van der Waals surface area contributed by atoms with Crippen LogP contribution in [0.5, 0.6) is 0 Å². The predicted octanol–water partition coefficient (Wildman–Crippen LogP) is 1.58. The van der Waals surface area contributed by atoms with Gasteiger partial charge in [0.05, 0.1) is 23.0 Å². The molecule has 0 bridgehead atoms. The van der Waals surface area contributed by atoms with E-state index in [2.05, 4.69) is 5.10 Å². The van der Waals surface area contributed by atoms with Gasteiger partial charge in [0.25, 0.3) is 0 Å². The van der Waals surface area contributed by atoms with E-state index in [0.717, 1.165) is 0 Å². The normalized spacial score (nSPS) is 13.9. The highest BCUT2D eigenvalue weighted by Crippen LogP contribution is 2.30. The fourth-order valence-corrected chi connectivity index (χ4v) is 1.96. The van der Waals surface area contributed by atoms with Gasteiger partial charge in [-0.05, 0) is 20.8 Å². The molecule has 0 aliphatic rings. The van der Waals surface area contributed by atoms with Crippen LogP contribution in [0.3, 0.4) is 0 Å². The van der Waals surface area contributed by atoms with Crippen molar-refractivity contribution in [1.29, 1.82) is 0 Å². The van der Waals surface area contributed by atoms with Crippen LogP contribution in [0.4, 0.5) is 0 Å². The molecule has 0 aliphatic carbocycles. The van der Waals surface area contributed by atoms with Crippen LogP contribution in [0, 0.1) is 12.3 Å². The van der Waals surface area contributed by atoms with Gasteiger partial charge < -0.3 is 9.84 Å². The smallest absolute Gasteiger partial charge is 0.323 e. The monoisotopic (exact) mass is 288 g/mol. The van der Waals surface area contributed by atoms with Crippen LogP contribution in [0.2, 0.25) is 5.02 Å². The maximum atomic E-state index is 11.9. The summed E-state index contributed by atoms with van der Waals surface area (Å²) in [6.45, 7) is 4.79. The van der Waals surface area contributed by atoms with E-state index in [4.69, 9.17) is 16.3 Å². The van der Waals surface area contributed by atoms with Gasteiger partial charge in [-0.25, -0.2) is 0 Å². The Kier molecular flexibility index (Phi) is 4.57. The van der Waals surface area contributed by atoms with Crippen molar-refractivity contribution in [2.24, 2.45) is 12.5 Å². The van der Waals surface area contributed by atoms with Crippen molar-refractivity contribution in [2.75, 3.05) is 6.61 Å². The summed E-state index contributed by atoms with van der Waals surface area (Å²) in [6, 6.07) is 0. The summed E-state index contributed by atoms with van der Waals surface area (Å²) in [5.41, 5.74) is -0.590. The first-order valence-electron chi connectivity index (χ1n) is 5.82. The SMILES string of the molecule is CCOC(=O)C(C)(Cc1c(Cl)c(C)nn1C)C(=O)O. The number of aromatic nitrogens is 2. The van der Waals surface area contributed by atoms with Crippen molar-refractivity contribution in [3.8, 4) is 0 Å². The van der Waals surface area contributed by atoms with Crippen LogP contribution in [0.1, 0.15) is 25.2 Å². The molecule has 0 radical (unpaired) electrons. The Balaban J connectivity index is 3.16. The van der Waals surface area contributed by atoms with E-state index >= 15 is 0 Å². The maximum absolute atomic E-state index is 11.9.